The van der Waals surface area contributed by atoms with Crippen molar-refractivity contribution in [1.29, 1.82) is 0 Å². The normalized spacial score (nSPS) is 11.3. The molecule has 0 saturated carbocycles. The summed E-state index contributed by atoms with van der Waals surface area (Å²) in [6.45, 7) is -0.518. The van der Waals surface area contributed by atoms with E-state index in [4.69, 9.17) is 15.7 Å². The molecular weight excluding hydrogens is 245 g/mol. The van der Waals surface area contributed by atoms with E-state index in [1.165, 1.54) is 12.1 Å². The number of benzene rings is 1. The molecule has 0 amide bonds. The second-order valence-electron chi connectivity index (χ2n) is 3.32. The van der Waals surface area contributed by atoms with Gasteiger partial charge in [0.05, 0.1) is 18.2 Å². The van der Waals surface area contributed by atoms with Crippen LogP contribution < -0.4 is 10.5 Å². The van der Waals surface area contributed by atoms with Gasteiger partial charge in [-0.15, -0.1) is 0 Å². The minimum atomic E-state index is -0.654. The molecule has 0 radical (unpaired) electrons. The van der Waals surface area contributed by atoms with Gasteiger partial charge in [0.2, 0.25) is 0 Å². The molecule has 1 rings (SSSR count). The maximum atomic E-state index is 11.9. The summed E-state index contributed by atoms with van der Waals surface area (Å²) < 4.78 is 17.0. The van der Waals surface area contributed by atoms with Crippen LogP contribution in [0.1, 0.15) is 12.0 Å². The molecule has 0 aliphatic heterocycles. The largest absolute Gasteiger partial charge is 0.487 e. The van der Waals surface area contributed by atoms with Crippen molar-refractivity contribution in [3.05, 3.63) is 33.9 Å². The average molecular weight is 257 g/mol. The van der Waals surface area contributed by atoms with Gasteiger partial charge in [0.15, 0.2) is 11.6 Å². The monoisotopic (exact) mass is 257 g/mol. The van der Waals surface area contributed by atoms with E-state index in [2.05, 4.69) is 5.16 Å². The molecule has 7 nitrogen and oxygen atoms in total. The Kier molecular flexibility index (Phi) is 4.85. The highest BCUT2D eigenvalue weighted by Gasteiger charge is 2.17. The number of nitro benzene ring substituents is 1. The highest BCUT2D eigenvalue weighted by Crippen LogP contribution is 2.28. The van der Waals surface area contributed by atoms with E-state index in [0.717, 1.165) is 6.07 Å². The molecule has 1 aromatic rings. The van der Waals surface area contributed by atoms with E-state index in [1.807, 2.05) is 0 Å². The SMILES string of the molecule is N/C(=N/O)c1ccc(OCCCF)c([N+](=O)[O-])c1. The Hall–Kier alpha value is -2.38. The lowest BCUT2D eigenvalue weighted by Gasteiger charge is -2.06. The predicted molar refractivity (Wildman–Crippen MR) is 61.7 cm³/mol. The number of nitrogens with two attached hydrogens (primary N) is 1. The quantitative estimate of drug-likeness (QED) is 0.200. The molecule has 0 aliphatic carbocycles. The van der Waals surface area contributed by atoms with Gasteiger partial charge in [-0.3, -0.25) is 14.5 Å². The minimum absolute atomic E-state index is 0.0166. The Labute approximate surface area is 102 Å². The fraction of sp³-hybridized carbons (Fsp3) is 0.300. The second-order valence-corrected chi connectivity index (χ2v) is 3.32. The lowest BCUT2D eigenvalue weighted by atomic mass is 10.1. The molecule has 0 aromatic heterocycles. The Balaban J connectivity index is 3.01. The third kappa shape index (κ3) is 3.30. The molecular formula is C10H12FN3O4. The lowest BCUT2D eigenvalue weighted by Crippen LogP contribution is -2.13. The number of nitro groups is 1. The summed E-state index contributed by atoms with van der Waals surface area (Å²) in [6.07, 6.45) is 0.152. The molecule has 98 valence electrons. The van der Waals surface area contributed by atoms with E-state index < -0.39 is 11.6 Å². The van der Waals surface area contributed by atoms with Crippen LogP contribution in [0.2, 0.25) is 0 Å². The third-order valence-electron chi connectivity index (χ3n) is 2.09. The lowest BCUT2D eigenvalue weighted by molar-refractivity contribution is -0.385. The average Bonchev–Trinajstić information content (AvgIpc) is 2.38. The molecule has 0 spiro atoms. The second kappa shape index (κ2) is 6.38. The van der Waals surface area contributed by atoms with Crippen LogP contribution in [0, 0.1) is 10.1 Å². The van der Waals surface area contributed by atoms with Gasteiger partial charge in [0.25, 0.3) is 0 Å². The predicted octanol–water partition coefficient (Wildman–Crippen LogP) is 1.43. The van der Waals surface area contributed by atoms with Crippen LogP contribution in [0.15, 0.2) is 23.4 Å². The van der Waals surface area contributed by atoms with Crippen molar-refractivity contribution in [3.8, 4) is 5.75 Å². The number of halogens is 1. The molecule has 0 atom stereocenters. The summed E-state index contributed by atoms with van der Waals surface area (Å²) in [5.41, 5.74) is 5.20. The fourth-order valence-corrected chi connectivity index (χ4v) is 1.24. The molecule has 0 aliphatic rings. The van der Waals surface area contributed by atoms with Gasteiger partial charge in [-0.2, -0.15) is 0 Å². The van der Waals surface area contributed by atoms with E-state index in [-0.39, 0.29) is 35.9 Å². The number of hydrogen-bond donors (Lipinski definition) is 2. The fourth-order valence-electron chi connectivity index (χ4n) is 1.24. The first-order valence-electron chi connectivity index (χ1n) is 5.05. The van der Waals surface area contributed by atoms with Crippen molar-refractivity contribution in [3.63, 3.8) is 0 Å². The molecule has 0 unspecified atom stereocenters. The Bertz CT molecular complexity index is 464. The zero-order valence-electron chi connectivity index (χ0n) is 9.38. The molecule has 0 heterocycles. The van der Waals surface area contributed by atoms with E-state index >= 15 is 0 Å². The van der Waals surface area contributed by atoms with Gasteiger partial charge in [-0.25, -0.2) is 0 Å². The van der Waals surface area contributed by atoms with Crippen LogP contribution in [0.5, 0.6) is 5.75 Å². The molecule has 0 saturated heterocycles. The van der Waals surface area contributed by atoms with E-state index in [0.29, 0.717) is 0 Å². The molecule has 0 fully saturated rings. The number of rotatable bonds is 6. The number of alkyl halides is 1. The zero-order valence-corrected chi connectivity index (χ0v) is 9.38. The van der Waals surface area contributed by atoms with Crippen molar-refractivity contribution in [2.75, 3.05) is 13.3 Å². The first kappa shape index (κ1) is 13.7. The van der Waals surface area contributed by atoms with Crippen molar-refractivity contribution >= 4 is 11.5 Å². The maximum Gasteiger partial charge on any atom is 0.311 e. The Morgan fingerprint density at radius 1 is 1.61 bits per heavy atom. The summed E-state index contributed by atoms with van der Waals surface area (Å²) >= 11 is 0. The minimum Gasteiger partial charge on any atom is -0.487 e. The van der Waals surface area contributed by atoms with Gasteiger partial charge in [-0.05, 0) is 12.1 Å². The van der Waals surface area contributed by atoms with Gasteiger partial charge >= 0.3 is 5.69 Å². The summed E-state index contributed by atoms with van der Waals surface area (Å²) in [5.74, 6) is -0.226. The van der Waals surface area contributed by atoms with Gasteiger partial charge in [0.1, 0.15) is 0 Å². The molecule has 18 heavy (non-hydrogen) atoms. The van der Waals surface area contributed by atoms with Crippen LogP contribution in [0.3, 0.4) is 0 Å². The van der Waals surface area contributed by atoms with Gasteiger partial charge < -0.3 is 15.7 Å². The van der Waals surface area contributed by atoms with Crippen LogP contribution in [-0.2, 0) is 0 Å². The third-order valence-corrected chi connectivity index (χ3v) is 2.09. The number of oxime groups is 1. The van der Waals surface area contributed by atoms with Gasteiger partial charge in [-0.1, -0.05) is 5.16 Å². The van der Waals surface area contributed by atoms with E-state index in [1.54, 1.807) is 0 Å². The number of ether oxygens (including phenoxy) is 1. The highest BCUT2D eigenvalue weighted by molar-refractivity contribution is 5.97. The standard InChI is InChI=1S/C10H12FN3O4/c11-4-1-5-18-9-3-2-7(10(12)13-15)6-8(9)14(16)17/h2-3,6,15H,1,4-5H2,(H2,12,13). The number of nitrogens with zero attached hydrogens (tertiary/aromatic N) is 2. The highest BCUT2D eigenvalue weighted by atomic mass is 19.1. The van der Waals surface area contributed by atoms with E-state index in [9.17, 15) is 14.5 Å². The first-order valence-corrected chi connectivity index (χ1v) is 5.05. The van der Waals surface area contributed by atoms with Crippen LogP contribution in [-0.4, -0.2) is 29.2 Å². The van der Waals surface area contributed by atoms with Crippen molar-refractivity contribution in [2.45, 2.75) is 6.42 Å². The summed E-state index contributed by atoms with van der Waals surface area (Å²) in [5, 5.41) is 22.1. The molecule has 8 heteroatoms. The molecule has 0 bridgehead atoms. The maximum absolute atomic E-state index is 11.9. The number of hydrogen-bond acceptors (Lipinski definition) is 5. The molecule has 1 aromatic carbocycles. The van der Waals surface area contributed by atoms with Crippen molar-refractivity contribution in [2.24, 2.45) is 10.9 Å². The smallest absolute Gasteiger partial charge is 0.311 e. The van der Waals surface area contributed by atoms with Gasteiger partial charge in [0, 0.05) is 18.1 Å². The van der Waals surface area contributed by atoms with Crippen LogP contribution >= 0.6 is 0 Å². The van der Waals surface area contributed by atoms with Crippen LogP contribution in [0.4, 0.5) is 10.1 Å². The van der Waals surface area contributed by atoms with Crippen molar-refractivity contribution in [1.82, 2.24) is 0 Å². The molecule has 3 N–H and O–H groups in total. The topological polar surface area (TPSA) is 111 Å². The number of amidine groups is 1. The Morgan fingerprint density at radius 2 is 2.33 bits per heavy atom. The Morgan fingerprint density at radius 3 is 2.89 bits per heavy atom. The zero-order chi connectivity index (χ0) is 13.5. The summed E-state index contributed by atoms with van der Waals surface area (Å²) in [7, 11) is 0. The summed E-state index contributed by atoms with van der Waals surface area (Å²) in [4.78, 5) is 10.2. The van der Waals surface area contributed by atoms with Crippen LogP contribution in [0.25, 0.3) is 0 Å². The van der Waals surface area contributed by atoms with Crippen molar-refractivity contribution < 1.29 is 19.3 Å². The summed E-state index contributed by atoms with van der Waals surface area (Å²) in [6, 6.07) is 3.86. The first-order chi connectivity index (χ1) is 8.60.